The van der Waals surface area contributed by atoms with Gasteiger partial charge in [-0.2, -0.15) is 0 Å². The summed E-state index contributed by atoms with van der Waals surface area (Å²) >= 11 is 0. The van der Waals surface area contributed by atoms with Crippen LogP contribution in [0.4, 0.5) is 0 Å². The van der Waals surface area contributed by atoms with E-state index >= 15 is 0 Å². The van der Waals surface area contributed by atoms with E-state index in [2.05, 4.69) is 17.1 Å². The lowest BCUT2D eigenvalue weighted by Crippen LogP contribution is -2.41. The smallest absolute Gasteiger partial charge is 0.214 e. The molecular weight excluding hydrogens is 312 g/mol. The van der Waals surface area contributed by atoms with Crippen LogP contribution in [0, 0.1) is 11.8 Å². The average Bonchev–Trinajstić information content (AvgIpc) is 3.09. The highest BCUT2D eigenvalue weighted by Crippen LogP contribution is 2.35. The van der Waals surface area contributed by atoms with Gasteiger partial charge < -0.3 is 10.2 Å². The van der Waals surface area contributed by atoms with Crippen LogP contribution in [-0.4, -0.2) is 68.6 Å². The first-order chi connectivity index (χ1) is 11.1. The molecule has 23 heavy (non-hydrogen) atoms. The van der Waals surface area contributed by atoms with Crippen molar-refractivity contribution < 1.29 is 8.42 Å². The minimum absolute atomic E-state index is 0.298. The van der Waals surface area contributed by atoms with E-state index in [-0.39, 0.29) is 0 Å². The highest BCUT2D eigenvalue weighted by molar-refractivity contribution is 7.89. The summed E-state index contributed by atoms with van der Waals surface area (Å²) in [5, 5.41) is 3.39. The molecule has 0 aromatic heterocycles. The molecule has 0 aromatic carbocycles. The molecule has 2 aliphatic heterocycles. The highest BCUT2D eigenvalue weighted by Gasteiger charge is 2.35. The maximum atomic E-state index is 11.8. The standard InChI is InChI=1S/C16H30N4O2S/c1-2-17-16(18-8-10-20-9-5-11-23(20,21)22)19-12-14-6-3-4-7-15(14)13-19/h14-15H,2-13H2,1H3,(H,17,18). The van der Waals surface area contributed by atoms with Crippen molar-refractivity contribution in [3.05, 3.63) is 0 Å². The number of nitrogens with one attached hydrogen (secondary N) is 1. The molecule has 0 bridgehead atoms. The third-order valence-corrected chi connectivity index (χ3v) is 7.38. The van der Waals surface area contributed by atoms with E-state index in [0.29, 0.717) is 25.4 Å². The van der Waals surface area contributed by atoms with Gasteiger partial charge in [0.1, 0.15) is 0 Å². The summed E-state index contributed by atoms with van der Waals surface area (Å²) in [5.74, 6) is 2.92. The van der Waals surface area contributed by atoms with Gasteiger partial charge in [-0.05, 0) is 38.0 Å². The van der Waals surface area contributed by atoms with Crippen LogP contribution in [0.15, 0.2) is 4.99 Å². The van der Waals surface area contributed by atoms with Crippen LogP contribution in [0.25, 0.3) is 0 Å². The zero-order chi connectivity index (χ0) is 16.3. The zero-order valence-corrected chi connectivity index (χ0v) is 15.0. The van der Waals surface area contributed by atoms with Crippen LogP contribution in [-0.2, 0) is 10.0 Å². The Morgan fingerprint density at radius 3 is 2.43 bits per heavy atom. The van der Waals surface area contributed by atoms with Crippen LogP contribution >= 0.6 is 0 Å². The second kappa shape index (κ2) is 7.38. The van der Waals surface area contributed by atoms with Gasteiger partial charge in [-0.3, -0.25) is 4.99 Å². The highest BCUT2D eigenvalue weighted by atomic mass is 32.2. The number of likely N-dealkylation sites (tertiary alicyclic amines) is 1. The first-order valence-electron chi connectivity index (χ1n) is 9.11. The van der Waals surface area contributed by atoms with Gasteiger partial charge in [0, 0.05) is 32.7 Å². The Bertz CT molecular complexity index is 520. The Labute approximate surface area is 140 Å². The minimum Gasteiger partial charge on any atom is -0.357 e. The van der Waals surface area contributed by atoms with Crippen molar-refractivity contribution in [3.8, 4) is 0 Å². The van der Waals surface area contributed by atoms with Crippen molar-refractivity contribution in [2.75, 3.05) is 45.0 Å². The van der Waals surface area contributed by atoms with Crippen molar-refractivity contribution >= 4 is 16.0 Å². The maximum absolute atomic E-state index is 11.8. The van der Waals surface area contributed by atoms with E-state index in [9.17, 15) is 8.42 Å². The third kappa shape index (κ3) is 3.99. The molecule has 2 saturated heterocycles. The molecule has 3 rings (SSSR count). The number of nitrogens with zero attached hydrogens (tertiary/aromatic N) is 3. The molecule has 2 unspecified atom stereocenters. The Hall–Kier alpha value is -0.820. The molecule has 2 atom stereocenters. The first kappa shape index (κ1) is 17.0. The quantitative estimate of drug-likeness (QED) is 0.614. The molecule has 7 heteroatoms. The Morgan fingerprint density at radius 2 is 1.87 bits per heavy atom. The summed E-state index contributed by atoms with van der Waals surface area (Å²) in [5.41, 5.74) is 0. The fourth-order valence-electron chi connectivity index (χ4n) is 4.21. The predicted molar refractivity (Wildman–Crippen MR) is 93.0 cm³/mol. The van der Waals surface area contributed by atoms with E-state index in [1.165, 1.54) is 25.7 Å². The van der Waals surface area contributed by atoms with Crippen LogP contribution < -0.4 is 5.32 Å². The van der Waals surface area contributed by atoms with Gasteiger partial charge in [0.25, 0.3) is 0 Å². The van der Waals surface area contributed by atoms with Crippen molar-refractivity contribution in [3.63, 3.8) is 0 Å². The second-order valence-corrected chi connectivity index (χ2v) is 9.10. The predicted octanol–water partition coefficient (Wildman–Crippen LogP) is 1.11. The fraction of sp³-hybridized carbons (Fsp3) is 0.938. The summed E-state index contributed by atoms with van der Waals surface area (Å²) in [6.45, 7) is 6.88. The summed E-state index contributed by atoms with van der Waals surface area (Å²) in [4.78, 5) is 7.10. The van der Waals surface area contributed by atoms with Crippen LogP contribution in [0.1, 0.15) is 39.0 Å². The summed E-state index contributed by atoms with van der Waals surface area (Å²) in [7, 11) is -3.00. The number of sulfonamides is 1. The van der Waals surface area contributed by atoms with Crippen molar-refractivity contribution in [1.82, 2.24) is 14.5 Å². The van der Waals surface area contributed by atoms with Crippen molar-refractivity contribution in [2.24, 2.45) is 16.8 Å². The molecule has 1 saturated carbocycles. The van der Waals surface area contributed by atoms with E-state index in [1.807, 2.05) is 0 Å². The summed E-state index contributed by atoms with van der Waals surface area (Å²) < 4.78 is 25.3. The molecule has 0 aromatic rings. The lowest BCUT2D eigenvalue weighted by Gasteiger charge is -2.22. The van der Waals surface area contributed by atoms with E-state index in [1.54, 1.807) is 4.31 Å². The van der Waals surface area contributed by atoms with Crippen LogP contribution in [0.3, 0.4) is 0 Å². The van der Waals surface area contributed by atoms with E-state index < -0.39 is 10.0 Å². The van der Waals surface area contributed by atoms with Crippen molar-refractivity contribution in [1.29, 1.82) is 0 Å². The summed E-state index contributed by atoms with van der Waals surface area (Å²) in [6.07, 6.45) is 6.20. The molecular formula is C16H30N4O2S. The third-order valence-electron chi connectivity index (χ3n) is 5.42. The molecule has 1 N–H and O–H groups in total. The maximum Gasteiger partial charge on any atom is 0.214 e. The van der Waals surface area contributed by atoms with Crippen LogP contribution in [0.2, 0.25) is 0 Å². The topological polar surface area (TPSA) is 65.0 Å². The molecule has 0 spiro atoms. The Balaban J connectivity index is 1.57. The second-order valence-electron chi connectivity index (χ2n) is 7.01. The Morgan fingerprint density at radius 1 is 1.17 bits per heavy atom. The lowest BCUT2D eigenvalue weighted by atomic mass is 9.82. The van der Waals surface area contributed by atoms with Gasteiger partial charge in [-0.15, -0.1) is 0 Å². The molecule has 1 aliphatic carbocycles. The largest absolute Gasteiger partial charge is 0.357 e. The Kier molecular flexibility index (Phi) is 5.46. The number of fused-ring (bicyclic) bond motifs is 1. The van der Waals surface area contributed by atoms with Gasteiger partial charge in [0.05, 0.1) is 12.3 Å². The molecule has 3 aliphatic rings. The van der Waals surface area contributed by atoms with Gasteiger partial charge in [0.2, 0.25) is 10.0 Å². The molecule has 0 radical (unpaired) electrons. The molecule has 132 valence electrons. The lowest BCUT2D eigenvalue weighted by molar-refractivity contribution is 0.299. The van der Waals surface area contributed by atoms with Gasteiger partial charge in [0.15, 0.2) is 5.96 Å². The van der Waals surface area contributed by atoms with E-state index in [0.717, 1.165) is 43.9 Å². The number of guanidine groups is 1. The van der Waals surface area contributed by atoms with Gasteiger partial charge in [-0.1, -0.05) is 12.8 Å². The average molecular weight is 343 g/mol. The molecule has 6 nitrogen and oxygen atoms in total. The summed E-state index contributed by atoms with van der Waals surface area (Å²) in [6, 6.07) is 0. The van der Waals surface area contributed by atoms with Crippen molar-refractivity contribution in [2.45, 2.75) is 39.0 Å². The number of hydrogen-bond acceptors (Lipinski definition) is 3. The zero-order valence-electron chi connectivity index (χ0n) is 14.2. The monoisotopic (exact) mass is 342 g/mol. The SMILES string of the molecule is CCNC(=NCCN1CCCS1(=O)=O)N1CC2CCCCC2C1. The van der Waals surface area contributed by atoms with Gasteiger partial charge in [-0.25, -0.2) is 12.7 Å². The number of rotatable bonds is 4. The fourth-order valence-corrected chi connectivity index (χ4v) is 5.73. The first-order valence-corrected chi connectivity index (χ1v) is 10.7. The molecule has 0 amide bonds. The molecule has 2 heterocycles. The van der Waals surface area contributed by atoms with Crippen LogP contribution in [0.5, 0.6) is 0 Å². The number of hydrogen-bond donors (Lipinski definition) is 1. The normalized spacial score (nSPS) is 31.3. The molecule has 3 fully saturated rings. The number of aliphatic imine (C=N–C) groups is 1. The minimum atomic E-state index is -3.00. The van der Waals surface area contributed by atoms with E-state index in [4.69, 9.17) is 4.99 Å². The van der Waals surface area contributed by atoms with Gasteiger partial charge >= 0.3 is 0 Å².